The molecule has 0 unspecified atom stereocenters. The fourth-order valence-electron chi connectivity index (χ4n) is 3.21. The summed E-state index contributed by atoms with van der Waals surface area (Å²) in [7, 11) is -1.12. The van der Waals surface area contributed by atoms with E-state index in [1.165, 1.54) is 5.56 Å². The lowest BCUT2D eigenvalue weighted by Gasteiger charge is -2.16. The van der Waals surface area contributed by atoms with Gasteiger partial charge in [-0.2, -0.15) is 5.10 Å². The van der Waals surface area contributed by atoms with Crippen LogP contribution in [0.1, 0.15) is 31.2 Å². The molecule has 0 saturated heterocycles. The van der Waals surface area contributed by atoms with Crippen LogP contribution >= 0.6 is 11.6 Å². The monoisotopic (exact) mass is 416 g/mol. The molecule has 0 aliphatic heterocycles. The first-order valence-electron chi connectivity index (χ1n) is 9.73. The summed E-state index contributed by atoms with van der Waals surface area (Å²) in [6, 6.07) is 7.33. The minimum absolute atomic E-state index is 0.388. The number of nitrogens with zero attached hydrogens (tertiary/aromatic N) is 4. The summed E-state index contributed by atoms with van der Waals surface area (Å²) in [6.07, 6.45) is 1.83. The third-order valence-electron chi connectivity index (χ3n) is 4.75. The van der Waals surface area contributed by atoms with E-state index in [1.54, 1.807) is 0 Å². The summed E-state index contributed by atoms with van der Waals surface area (Å²) in [5, 5.41) is 7.19. The molecule has 28 heavy (non-hydrogen) atoms. The van der Waals surface area contributed by atoms with E-state index in [2.05, 4.69) is 60.7 Å². The van der Waals surface area contributed by atoms with Gasteiger partial charge < -0.3 is 4.74 Å². The molecule has 0 radical (unpaired) electrons. The van der Waals surface area contributed by atoms with Crippen molar-refractivity contribution in [2.24, 2.45) is 0 Å². The van der Waals surface area contributed by atoms with Gasteiger partial charge in [-0.05, 0) is 35.9 Å². The SMILES string of the molecule is Cc1nc(-c2ccc(C(C)C)c3cc(Cl)ncc23)n(COCC[Si](C)(C)C)n1. The van der Waals surface area contributed by atoms with Crippen LogP contribution < -0.4 is 0 Å². The molecule has 7 heteroatoms. The van der Waals surface area contributed by atoms with E-state index in [0.29, 0.717) is 17.8 Å². The molecule has 0 atom stereocenters. The fourth-order valence-corrected chi connectivity index (χ4v) is 4.12. The number of halogens is 1. The van der Waals surface area contributed by atoms with Crippen LogP contribution in [0.3, 0.4) is 0 Å². The molecule has 0 amide bonds. The van der Waals surface area contributed by atoms with Gasteiger partial charge in [0.15, 0.2) is 5.82 Å². The molecule has 2 aromatic heterocycles. The van der Waals surface area contributed by atoms with Crippen molar-refractivity contribution in [3.8, 4) is 11.4 Å². The number of fused-ring (bicyclic) bond motifs is 1. The summed E-state index contributed by atoms with van der Waals surface area (Å²) >= 11 is 6.19. The first kappa shape index (κ1) is 21.0. The Kier molecular flexibility index (Phi) is 6.22. The molecule has 1 aromatic carbocycles. The second kappa shape index (κ2) is 8.31. The summed E-state index contributed by atoms with van der Waals surface area (Å²) < 4.78 is 7.77. The predicted octanol–water partition coefficient (Wildman–Crippen LogP) is 5.89. The number of pyridine rings is 1. The Hall–Kier alpha value is -1.76. The maximum Gasteiger partial charge on any atom is 0.161 e. The van der Waals surface area contributed by atoms with Crippen LogP contribution in [0.5, 0.6) is 0 Å². The van der Waals surface area contributed by atoms with Gasteiger partial charge in [-0.15, -0.1) is 0 Å². The van der Waals surface area contributed by atoms with Gasteiger partial charge >= 0.3 is 0 Å². The van der Waals surface area contributed by atoms with E-state index in [0.717, 1.165) is 40.6 Å². The minimum atomic E-state index is -1.12. The van der Waals surface area contributed by atoms with Crippen LogP contribution in [0.25, 0.3) is 22.2 Å². The topological polar surface area (TPSA) is 52.8 Å². The lowest BCUT2D eigenvalue weighted by atomic mass is 9.94. The number of aryl methyl sites for hydroxylation is 1. The first-order chi connectivity index (χ1) is 13.2. The first-order valence-corrected chi connectivity index (χ1v) is 13.8. The summed E-state index contributed by atoms with van der Waals surface area (Å²) in [5.74, 6) is 1.92. The van der Waals surface area contributed by atoms with Crippen LogP contribution in [-0.4, -0.2) is 34.4 Å². The molecule has 0 bridgehead atoms. The number of aromatic nitrogens is 4. The largest absolute Gasteiger partial charge is 0.359 e. The average Bonchev–Trinajstić information content (AvgIpc) is 2.97. The Morgan fingerprint density at radius 3 is 2.61 bits per heavy atom. The molecule has 3 rings (SSSR count). The van der Waals surface area contributed by atoms with E-state index in [4.69, 9.17) is 16.3 Å². The highest BCUT2D eigenvalue weighted by atomic mass is 35.5. The van der Waals surface area contributed by atoms with Gasteiger partial charge in [0.2, 0.25) is 0 Å². The average molecular weight is 417 g/mol. The van der Waals surface area contributed by atoms with Crippen LogP contribution in [0.15, 0.2) is 24.4 Å². The lowest BCUT2D eigenvalue weighted by Crippen LogP contribution is -2.22. The summed E-state index contributed by atoms with van der Waals surface area (Å²) in [5.41, 5.74) is 2.25. The summed E-state index contributed by atoms with van der Waals surface area (Å²) in [6.45, 7) is 14.5. The molecular weight excluding hydrogens is 388 g/mol. The Labute approximate surface area is 173 Å². The fraction of sp³-hybridized carbons (Fsp3) is 0.476. The van der Waals surface area contributed by atoms with Gasteiger partial charge in [0.25, 0.3) is 0 Å². The van der Waals surface area contributed by atoms with Crippen molar-refractivity contribution in [1.82, 2.24) is 19.7 Å². The molecular formula is C21H29ClN4OSi. The van der Waals surface area contributed by atoms with Crippen molar-refractivity contribution in [1.29, 1.82) is 0 Å². The molecule has 3 aromatic rings. The molecule has 5 nitrogen and oxygen atoms in total. The standard InChI is InChI=1S/C21H29ClN4OSi/c1-14(2)16-7-8-17(19-12-23-20(22)11-18(16)19)21-24-15(3)25-26(21)13-27-9-10-28(4,5)6/h7-8,11-12,14H,9-10,13H2,1-6H3. The van der Waals surface area contributed by atoms with Crippen molar-refractivity contribution in [2.45, 2.75) is 59.1 Å². The highest BCUT2D eigenvalue weighted by Crippen LogP contribution is 2.34. The lowest BCUT2D eigenvalue weighted by molar-refractivity contribution is 0.0794. The molecule has 2 heterocycles. The third kappa shape index (κ3) is 4.80. The molecule has 0 fully saturated rings. The number of rotatable bonds is 7. The Bertz CT molecular complexity index is 978. The number of hydrogen-bond donors (Lipinski definition) is 0. The normalized spacial score (nSPS) is 12.3. The second-order valence-electron chi connectivity index (χ2n) is 8.74. The van der Waals surface area contributed by atoms with E-state index < -0.39 is 8.07 Å². The van der Waals surface area contributed by atoms with Gasteiger partial charge in [-0.1, -0.05) is 57.2 Å². The smallest absolute Gasteiger partial charge is 0.161 e. The quantitative estimate of drug-likeness (QED) is 0.273. The highest BCUT2D eigenvalue weighted by molar-refractivity contribution is 6.76. The second-order valence-corrected chi connectivity index (χ2v) is 14.7. The van der Waals surface area contributed by atoms with Crippen molar-refractivity contribution in [3.05, 3.63) is 40.9 Å². The minimum Gasteiger partial charge on any atom is -0.359 e. The van der Waals surface area contributed by atoms with E-state index in [1.807, 2.05) is 23.9 Å². The van der Waals surface area contributed by atoms with Crippen LogP contribution in [0, 0.1) is 6.92 Å². The van der Waals surface area contributed by atoms with Crippen LogP contribution in [0.2, 0.25) is 30.8 Å². The van der Waals surface area contributed by atoms with Gasteiger partial charge in [0.05, 0.1) is 0 Å². The van der Waals surface area contributed by atoms with Gasteiger partial charge in [0, 0.05) is 31.8 Å². The zero-order valence-electron chi connectivity index (χ0n) is 17.6. The molecule has 0 aliphatic carbocycles. The molecule has 0 aliphatic rings. The van der Waals surface area contributed by atoms with Crippen LogP contribution in [-0.2, 0) is 11.5 Å². The molecule has 150 valence electrons. The van der Waals surface area contributed by atoms with Gasteiger partial charge in [0.1, 0.15) is 17.7 Å². The predicted molar refractivity (Wildman–Crippen MR) is 119 cm³/mol. The Morgan fingerprint density at radius 1 is 1.18 bits per heavy atom. The van der Waals surface area contributed by atoms with Crippen molar-refractivity contribution < 1.29 is 4.74 Å². The van der Waals surface area contributed by atoms with E-state index in [-0.39, 0.29) is 0 Å². The third-order valence-corrected chi connectivity index (χ3v) is 6.66. The molecule has 0 saturated carbocycles. The number of benzene rings is 1. The Morgan fingerprint density at radius 2 is 1.93 bits per heavy atom. The molecule has 0 N–H and O–H groups in total. The van der Waals surface area contributed by atoms with Crippen molar-refractivity contribution >= 4 is 30.4 Å². The van der Waals surface area contributed by atoms with Gasteiger partial charge in [-0.3, -0.25) is 0 Å². The number of ether oxygens (including phenoxy) is 1. The van der Waals surface area contributed by atoms with Crippen LogP contribution in [0.4, 0.5) is 0 Å². The van der Waals surface area contributed by atoms with E-state index in [9.17, 15) is 0 Å². The number of hydrogen-bond acceptors (Lipinski definition) is 4. The maximum atomic E-state index is 6.19. The Balaban J connectivity index is 1.98. The zero-order chi connectivity index (χ0) is 20.5. The van der Waals surface area contributed by atoms with Gasteiger partial charge in [-0.25, -0.2) is 14.6 Å². The summed E-state index contributed by atoms with van der Waals surface area (Å²) in [4.78, 5) is 8.99. The maximum absolute atomic E-state index is 6.19. The van der Waals surface area contributed by atoms with E-state index >= 15 is 0 Å². The van der Waals surface area contributed by atoms with Crippen molar-refractivity contribution in [3.63, 3.8) is 0 Å². The molecule has 0 spiro atoms. The van der Waals surface area contributed by atoms with Crippen molar-refractivity contribution in [2.75, 3.05) is 6.61 Å². The highest BCUT2D eigenvalue weighted by Gasteiger charge is 2.17. The zero-order valence-corrected chi connectivity index (χ0v) is 19.3.